The molecule has 0 aliphatic carbocycles. The van der Waals surface area contributed by atoms with E-state index in [4.69, 9.17) is 0 Å². The smallest absolute Gasteiger partial charge is 0.303 e. The summed E-state index contributed by atoms with van der Waals surface area (Å²) in [5, 5.41) is 15.4. The Kier molecular flexibility index (Phi) is 7.70. The number of ketones is 1. The van der Waals surface area contributed by atoms with Crippen molar-refractivity contribution in [3.63, 3.8) is 0 Å². The van der Waals surface area contributed by atoms with Gasteiger partial charge in [-0.15, -0.1) is 0 Å². The highest BCUT2D eigenvalue weighted by Gasteiger charge is 2.20. The molecule has 0 aromatic carbocycles. The highest BCUT2D eigenvalue weighted by molar-refractivity contribution is 5.80. The lowest BCUT2D eigenvalue weighted by molar-refractivity contribution is -0.137. The van der Waals surface area contributed by atoms with E-state index in [1.54, 1.807) is 19.4 Å². The van der Waals surface area contributed by atoms with Gasteiger partial charge >= 0.3 is 5.97 Å². The van der Waals surface area contributed by atoms with Crippen LogP contribution < -0.4 is 10.6 Å². The summed E-state index contributed by atoms with van der Waals surface area (Å²) in [7, 11) is 1.71. The van der Waals surface area contributed by atoms with Crippen molar-refractivity contribution in [2.45, 2.75) is 57.3 Å². The van der Waals surface area contributed by atoms with Gasteiger partial charge in [-0.3, -0.25) is 9.59 Å². The Morgan fingerprint density at radius 3 is 2.73 bits per heavy atom. The number of carboxylic acids is 1. The number of carboxylic acid groups (broad SMARTS) is 1. The third-order valence-corrected chi connectivity index (χ3v) is 5.35. The van der Waals surface area contributed by atoms with Crippen LogP contribution in [0.5, 0.6) is 0 Å². The van der Waals surface area contributed by atoms with Gasteiger partial charge in [0.05, 0.1) is 6.42 Å². The summed E-state index contributed by atoms with van der Waals surface area (Å²) in [6, 6.07) is 4.22. The van der Waals surface area contributed by atoms with Gasteiger partial charge < -0.3 is 15.7 Å². The van der Waals surface area contributed by atoms with E-state index in [2.05, 4.69) is 37.7 Å². The van der Waals surface area contributed by atoms with Crippen LogP contribution in [0, 0.1) is 0 Å². The summed E-state index contributed by atoms with van der Waals surface area (Å²) >= 11 is 0. The van der Waals surface area contributed by atoms with Crippen LogP contribution in [-0.4, -0.2) is 45.4 Å². The van der Waals surface area contributed by atoms with E-state index < -0.39 is 11.9 Å². The highest BCUT2D eigenvalue weighted by atomic mass is 16.4. The van der Waals surface area contributed by atoms with E-state index in [1.807, 2.05) is 0 Å². The molecule has 30 heavy (non-hydrogen) atoms. The lowest BCUT2D eigenvalue weighted by Crippen LogP contribution is -2.14. The van der Waals surface area contributed by atoms with Crippen LogP contribution in [0.15, 0.2) is 24.5 Å². The fraction of sp³-hybridized carbons (Fsp3) is 0.500. The van der Waals surface area contributed by atoms with Crippen LogP contribution in [0.3, 0.4) is 0 Å². The van der Waals surface area contributed by atoms with Crippen molar-refractivity contribution in [3.8, 4) is 0 Å². The summed E-state index contributed by atoms with van der Waals surface area (Å²) < 4.78 is 0. The predicted molar refractivity (Wildman–Crippen MR) is 115 cm³/mol. The monoisotopic (exact) mass is 411 g/mol. The molecule has 3 rings (SSSR count). The molecule has 0 radical (unpaired) electrons. The summed E-state index contributed by atoms with van der Waals surface area (Å²) in [4.78, 5) is 36.6. The van der Waals surface area contributed by atoms with Crippen LogP contribution in [0.2, 0.25) is 0 Å². The molecule has 2 aromatic heterocycles. The van der Waals surface area contributed by atoms with Gasteiger partial charge in [-0.2, -0.15) is 0 Å². The van der Waals surface area contributed by atoms with Crippen molar-refractivity contribution in [3.05, 3.63) is 41.3 Å². The summed E-state index contributed by atoms with van der Waals surface area (Å²) in [6.45, 7) is 0.970. The molecule has 1 atom stereocenters. The van der Waals surface area contributed by atoms with E-state index in [0.29, 0.717) is 17.9 Å². The first-order valence-corrected chi connectivity index (χ1v) is 10.5. The number of hydrogen-bond donors (Lipinski definition) is 3. The largest absolute Gasteiger partial charge is 0.481 e. The maximum atomic E-state index is 12.5. The summed E-state index contributed by atoms with van der Waals surface area (Å²) in [5.74, 6) is 0.189. The maximum Gasteiger partial charge on any atom is 0.303 e. The lowest BCUT2D eigenvalue weighted by Gasteiger charge is -2.17. The first-order chi connectivity index (χ1) is 14.5. The number of carbonyl (C=O) groups excluding carboxylic acids is 1. The molecule has 3 heterocycles. The Morgan fingerprint density at radius 1 is 1.20 bits per heavy atom. The zero-order valence-electron chi connectivity index (χ0n) is 17.4. The standard InChI is InChI=1S/C22H29N5O3/c1-23-22-25-13-17(14-26-22)16(12-20(29)30)11-19(28)7-3-2-6-18-9-8-15-5-4-10-24-21(15)27-18/h8-9,13-14,16H,2-7,10-12H2,1H3,(H,24,27)(H,29,30)(H,23,25,26)/t16-/m0/s1. The molecule has 0 saturated carbocycles. The average Bonchev–Trinajstić information content (AvgIpc) is 2.76. The average molecular weight is 412 g/mol. The van der Waals surface area contributed by atoms with Crippen molar-refractivity contribution < 1.29 is 14.7 Å². The molecule has 0 fully saturated rings. The van der Waals surface area contributed by atoms with E-state index in [1.165, 1.54) is 5.56 Å². The van der Waals surface area contributed by atoms with Gasteiger partial charge in [0.1, 0.15) is 11.6 Å². The minimum Gasteiger partial charge on any atom is -0.481 e. The van der Waals surface area contributed by atoms with E-state index in [0.717, 1.165) is 50.2 Å². The number of hydrogen-bond acceptors (Lipinski definition) is 7. The lowest BCUT2D eigenvalue weighted by atomic mass is 9.91. The number of carbonyl (C=O) groups is 2. The van der Waals surface area contributed by atoms with Crippen LogP contribution in [0.4, 0.5) is 11.8 Å². The Hall–Kier alpha value is -3.03. The highest BCUT2D eigenvalue weighted by Crippen LogP contribution is 2.25. The molecule has 8 nitrogen and oxygen atoms in total. The third-order valence-electron chi connectivity index (χ3n) is 5.35. The predicted octanol–water partition coefficient (Wildman–Crippen LogP) is 3.20. The molecular weight excluding hydrogens is 382 g/mol. The van der Waals surface area contributed by atoms with Crippen molar-refractivity contribution in [1.82, 2.24) is 15.0 Å². The Bertz CT molecular complexity index is 870. The fourth-order valence-electron chi connectivity index (χ4n) is 3.71. The maximum absolute atomic E-state index is 12.5. The Morgan fingerprint density at radius 2 is 2.00 bits per heavy atom. The van der Waals surface area contributed by atoms with Gasteiger partial charge in [-0.1, -0.05) is 6.07 Å². The van der Waals surface area contributed by atoms with Gasteiger partial charge in [0.25, 0.3) is 0 Å². The van der Waals surface area contributed by atoms with Gasteiger partial charge in [0.2, 0.25) is 5.95 Å². The van der Waals surface area contributed by atoms with Crippen LogP contribution in [0.25, 0.3) is 0 Å². The van der Waals surface area contributed by atoms with E-state index in [9.17, 15) is 14.7 Å². The molecule has 1 aliphatic heterocycles. The first kappa shape index (κ1) is 21.7. The molecule has 0 unspecified atom stereocenters. The minimum atomic E-state index is -0.933. The Balaban J connectivity index is 1.47. The second kappa shape index (κ2) is 10.7. The SMILES string of the molecule is CNc1ncc([C@H](CC(=O)O)CC(=O)CCCCc2ccc3c(n2)NCCC3)cn1. The van der Waals surface area contributed by atoms with Gasteiger partial charge in [-0.05, 0) is 49.3 Å². The zero-order valence-corrected chi connectivity index (χ0v) is 17.4. The number of aliphatic carboxylic acids is 1. The van der Waals surface area contributed by atoms with Crippen molar-refractivity contribution in [2.75, 3.05) is 24.2 Å². The topological polar surface area (TPSA) is 117 Å². The number of unbranched alkanes of at least 4 members (excludes halogenated alkanes) is 1. The second-order valence-corrected chi connectivity index (χ2v) is 7.68. The summed E-state index contributed by atoms with van der Waals surface area (Å²) in [5.41, 5.74) is 2.99. The normalized spacial score (nSPS) is 13.8. The number of anilines is 2. The van der Waals surface area contributed by atoms with Gasteiger partial charge in [0, 0.05) is 50.4 Å². The third kappa shape index (κ3) is 6.23. The number of aromatic nitrogens is 3. The number of pyridine rings is 1. The molecule has 0 saturated heterocycles. The minimum absolute atomic E-state index is 0.0685. The Labute approximate surface area is 176 Å². The van der Waals surface area contributed by atoms with Crippen LogP contribution in [-0.2, 0) is 22.4 Å². The summed E-state index contributed by atoms with van der Waals surface area (Å²) in [6.07, 6.45) is 8.39. The van der Waals surface area contributed by atoms with E-state index in [-0.39, 0.29) is 18.6 Å². The van der Waals surface area contributed by atoms with Crippen molar-refractivity contribution >= 4 is 23.5 Å². The molecule has 2 aromatic rings. The number of Topliss-reactive ketones (excluding diaryl/α,β-unsaturated/α-hetero) is 1. The second-order valence-electron chi connectivity index (χ2n) is 7.68. The number of rotatable bonds is 11. The first-order valence-electron chi connectivity index (χ1n) is 10.5. The van der Waals surface area contributed by atoms with Gasteiger partial charge in [0.15, 0.2) is 0 Å². The molecule has 0 spiro atoms. The molecule has 160 valence electrons. The van der Waals surface area contributed by atoms with Crippen molar-refractivity contribution in [2.24, 2.45) is 0 Å². The molecular formula is C22H29N5O3. The van der Waals surface area contributed by atoms with Gasteiger partial charge in [-0.25, -0.2) is 15.0 Å². The van der Waals surface area contributed by atoms with Crippen molar-refractivity contribution in [1.29, 1.82) is 0 Å². The number of fused-ring (bicyclic) bond motifs is 1. The fourth-order valence-corrected chi connectivity index (χ4v) is 3.71. The molecule has 8 heteroatoms. The molecule has 0 bridgehead atoms. The number of nitrogens with one attached hydrogen (secondary N) is 2. The quantitative estimate of drug-likeness (QED) is 0.483. The molecule has 1 aliphatic rings. The van der Waals surface area contributed by atoms with Crippen LogP contribution in [0.1, 0.15) is 61.3 Å². The zero-order chi connectivity index (χ0) is 21.3. The van der Waals surface area contributed by atoms with E-state index >= 15 is 0 Å². The number of nitrogens with zero attached hydrogens (tertiary/aromatic N) is 3. The molecule has 3 N–H and O–H groups in total. The number of aryl methyl sites for hydroxylation is 2. The molecule has 0 amide bonds. The van der Waals surface area contributed by atoms with Crippen LogP contribution >= 0.6 is 0 Å².